The molecule has 4 aliphatic heterocycles. The van der Waals surface area contributed by atoms with E-state index in [4.69, 9.17) is 28.4 Å². The predicted octanol–water partition coefficient (Wildman–Crippen LogP) is 7.09. The van der Waals surface area contributed by atoms with Gasteiger partial charge in [0.1, 0.15) is 12.4 Å². The van der Waals surface area contributed by atoms with Crippen LogP contribution in [0.15, 0.2) is 60.7 Å². The highest BCUT2D eigenvalue weighted by Gasteiger charge is 2.34. The van der Waals surface area contributed by atoms with Gasteiger partial charge < -0.3 is 33.3 Å². The van der Waals surface area contributed by atoms with Crippen LogP contribution < -0.4 is 28.4 Å². The summed E-state index contributed by atoms with van der Waals surface area (Å²) in [7, 11) is 13.5. The number of likely N-dealkylation sites (N-methyl/N-ethyl adjacent to an activating group) is 3. The Bertz CT molecular complexity index is 1840. The van der Waals surface area contributed by atoms with Gasteiger partial charge in [-0.25, -0.2) is 0 Å². The Balaban J connectivity index is 1.42. The third-order valence-electron chi connectivity index (χ3n) is 10.4. The van der Waals surface area contributed by atoms with Gasteiger partial charge in [-0.05, 0) is 124 Å². The van der Waals surface area contributed by atoms with Crippen molar-refractivity contribution >= 4 is 0 Å². The lowest BCUT2D eigenvalue weighted by Crippen LogP contribution is -2.34. The highest BCUT2D eigenvalue weighted by atomic mass is 16.5. The number of hydrogen-bond acceptors (Lipinski definition) is 9. The highest BCUT2D eigenvalue weighted by molar-refractivity contribution is 5.64. The third kappa shape index (κ3) is 6.70. The molecule has 0 saturated heterocycles. The van der Waals surface area contributed by atoms with Crippen molar-refractivity contribution in [3.05, 3.63) is 94.0 Å². The predicted molar refractivity (Wildman–Crippen MR) is 195 cm³/mol. The van der Waals surface area contributed by atoms with E-state index in [9.17, 15) is 0 Å². The molecule has 264 valence electrons. The normalized spacial score (nSPS) is 18.7. The van der Waals surface area contributed by atoms with Gasteiger partial charge in [-0.2, -0.15) is 0 Å². The fourth-order valence-electron chi connectivity index (χ4n) is 7.56. The molecule has 4 aromatic carbocycles. The van der Waals surface area contributed by atoms with Crippen molar-refractivity contribution in [2.45, 2.75) is 37.8 Å². The average molecular weight is 680 g/mol. The molecule has 0 aliphatic carbocycles. The molecule has 8 rings (SSSR count). The van der Waals surface area contributed by atoms with Crippen LogP contribution in [0.4, 0.5) is 0 Å². The SMILES string of the molecule is COc1cc2c3cc1Oc1c(OC)c(OC)cc4c1[C@@H](Cc1ccc(OCCN(C)C)c(c1)Oc1ccc(cc1)C[C@@H]3N(C)CC2)N(C)CC4. The van der Waals surface area contributed by atoms with Crippen LogP contribution in [0.2, 0.25) is 0 Å². The maximum Gasteiger partial charge on any atom is 0.204 e. The first kappa shape index (κ1) is 34.0. The fourth-order valence-corrected chi connectivity index (χ4v) is 7.56. The van der Waals surface area contributed by atoms with Crippen molar-refractivity contribution in [2.75, 3.05) is 75.8 Å². The van der Waals surface area contributed by atoms with E-state index in [0.29, 0.717) is 41.1 Å². The maximum atomic E-state index is 7.07. The molecule has 0 amide bonds. The van der Waals surface area contributed by atoms with Gasteiger partial charge >= 0.3 is 0 Å². The molecule has 6 bridgehead atoms. The zero-order chi connectivity index (χ0) is 34.9. The molecule has 0 saturated carbocycles. The van der Waals surface area contributed by atoms with Crippen LogP contribution >= 0.6 is 0 Å². The minimum absolute atomic E-state index is 0.0115. The highest BCUT2D eigenvalue weighted by Crippen LogP contribution is 2.52. The average Bonchev–Trinajstić information content (AvgIpc) is 3.11. The molecule has 0 fully saturated rings. The standard InChI is InChI=1S/C41H49N3O6/c1-42(2)18-19-48-34-13-10-27-21-33-39-29(15-17-44(33)4)24-38(46-6)40(47-7)41(39)50-37-25-31-28(23-35(37)45-5)14-16-43(3)32(31)20-26-8-11-30(12-9-26)49-36(34)22-27/h8-13,22-25,32-33H,14-21H2,1-7H3/t32-,33+/m0/s1. The Labute approximate surface area is 296 Å². The Hall–Kier alpha value is -4.44. The topological polar surface area (TPSA) is 65.1 Å². The molecule has 0 aromatic heterocycles. The fraction of sp³-hybridized carbons (Fsp3) is 0.415. The number of nitrogens with zero attached hydrogens (tertiary/aromatic N) is 3. The Morgan fingerprint density at radius 2 is 1.36 bits per heavy atom. The van der Waals surface area contributed by atoms with Gasteiger partial charge in [0.05, 0.1) is 21.3 Å². The van der Waals surface area contributed by atoms with Crippen LogP contribution in [-0.2, 0) is 25.7 Å². The van der Waals surface area contributed by atoms with Gasteiger partial charge in [0, 0.05) is 37.3 Å². The molecule has 50 heavy (non-hydrogen) atoms. The first-order valence-corrected chi connectivity index (χ1v) is 17.5. The van der Waals surface area contributed by atoms with E-state index in [1.54, 1.807) is 21.3 Å². The van der Waals surface area contributed by atoms with Crippen molar-refractivity contribution in [3.63, 3.8) is 0 Å². The summed E-state index contributed by atoms with van der Waals surface area (Å²) in [5, 5.41) is 0. The number of benzene rings is 4. The van der Waals surface area contributed by atoms with Crippen molar-refractivity contribution in [3.8, 4) is 46.0 Å². The summed E-state index contributed by atoms with van der Waals surface area (Å²) in [6, 6.07) is 21.4. The van der Waals surface area contributed by atoms with Crippen LogP contribution in [0.1, 0.15) is 45.5 Å². The second-order valence-corrected chi connectivity index (χ2v) is 13.9. The molecule has 9 nitrogen and oxygen atoms in total. The first-order chi connectivity index (χ1) is 24.3. The third-order valence-corrected chi connectivity index (χ3v) is 10.4. The summed E-state index contributed by atoms with van der Waals surface area (Å²) >= 11 is 0. The van der Waals surface area contributed by atoms with Crippen molar-refractivity contribution in [2.24, 2.45) is 0 Å². The molecule has 4 heterocycles. The Morgan fingerprint density at radius 1 is 0.700 bits per heavy atom. The number of fused-ring (bicyclic) bond motifs is 2. The number of rotatable bonds is 7. The van der Waals surface area contributed by atoms with Crippen LogP contribution in [0.3, 0.4) is 0 Å². The first-order valence-electron chi connectivity index (χ1n) is 17.5. The Kier molecular flexibility index (Phi) is 9.82. The van der Waals surface area contributed by atoms with Gasteiger partial charge in [-0.3, -0.25) is 9.80 Å². The molecule has 9 heteroatoms. The number of hydrogen-bond donors (Lipinski definition) is 0. The van der Waals surface area contributed by atoms with Crippen LogP contribution in [-0.4, -0.2) is 90.5 Å². The molecular weight excluding hydrogens is 630 g/mol. The lowest BCUT2D eigenvalue weighted by atomic mass is 9.87. The quantitative estimate of drug-likeness (QED) is 0.204. The Morgan fingerprint density at radius 3 is 2.08 bits per heavy atom. The van der Waals surface area contributed by atoms with Gasteiger partial charge in [-0.1, -0.05) is 18.2 Å². The van der Waals surface area contributed by atoms with Crippen molar-refractivity contribution in [1.29, 1.82) is 0 Å². The zero-order valence-electron chi connectivity index (χ0n) is 30.4. The summed E-state index contributed by atoms with van der Waals surface area (Å²) in [5.41, 5.74) is 7.16. The molecule has 4 aromatic rings. The van der Waals surface area contributed by atoms with Gasteiger partial charge in [0.25, 0.3) is 0 Å². The summed E-state index contributed by atoms with van der Waals surface area (Å²) in [5.74, 6) is 5.46. The molecular formula is C41H49N3O6. The molecule has 4 aliphatic rings. The lowest BCUT2D eigenvalue weighted by Gasteiger charge is -2.37. The molecule has 0 N–H and O–H groups in total. The minimum atomic E-state index is -0.0115. The minimum Gasteiger partial charge on any atom is -0.493 e. The number of methoxy groups -OCH3 is 3. The maximum absolute atomic E-state index is 7.07. The number of ether oxygens (including phenoxy) is 6. The van der Waals surface area contributed by atoms with Gasteiger partial charge in [0.15, 0.2) is 34.5 Å². The van der Waals surface area contributed by atoms with E-state index in [1.165, 1.54) is 22.3 Å². The van der Waals surface area contributed by atoms with E-state index in [0.717, 1.165) is 67.9 Å². The summed E-state index contributed by atoms with van der Waals surface area (Å²) in [4.78, 5) is 6.94. The molecule has 0 unspecified atom stereocenters. The van der Waals surface area contributed by atoms with E-state index in [2.05, 4.69) is 83.4 Å². The summed E-state index contributed by atoms with van der Waals surface area (Å²) < 4.78 is 37.9. The summed E-state index contributed by atoms with van der Waals surface area (Å²) in [6.45, 7) is 3.21. The molecule has 2 atom stereocenters. The van der Waals surface area contributed by atoms with Crippen LogP contribution in [0, 0.1) is 0 Å². The monoisotopic (exact) mass is 679 g/mol. The van der Waals surface area contributed by atoms with E-state index >= 15 is 0 Å². The molecule has 0 spiro atoms. The summed E-state index contributed by atoms with van der Waals surface area (Å²) in [6.07, 6.45) is 3.36. The van der Waals surface area contributed by atoms with Gasteiger partial charge in [-0.15, -0.1) is 0 Å². The largest absolute Gasteiger partial charge is 0.493 e. The smallest absolute Gasteiger partial charge is 0.204 e. The second-order valence-electron chi connectivity index (χ2n) is 13.9. The molecule has 0 radical (unpaired) electrons. The van der Waals surface area contributed by atoms with Crippen molar-refractivity contribution < 1.29 is 28.4 Å². The zero-order valence-corrected chi connectivity index (χ0v) is 30.4. The van der Waals surface area contributed by atoms with E-state index in [1.807, 2.05) is 20.2 Å². The van der Waals surface area contributed by atoms with Crippen LogP contribution in [0.5, 0.6) is 46.0 Å². The second kappa shape index (κ2) is 14.4. The lowest BCUT2D eigenvalue weighted by molar-refractivity contribution is 0.220. The van der Waals surface area contributed by atoms with Crippen LogP contribution in [0.25, 0.3) is 0 Å². The van der Waals surface area contributed by atoms with E-state index < -0.39 is 0 Å². The van der Waals surface area contributed by atoms with E-state index in [-0.39, 0.29) is 12.1 Å². The van der Waals surface area contributed by atoms with Crippen molar-refractivity contribution in [1.82, 2.24) is 14.7 Å². The van der Waals surface area contributed by atoms with Gasteiger partial charge in [0.2, 0.25) is 5.75 Å².